The van der Waals surface area contributed by atoms with Crippen LogP contribution >= 0.6 is 0 Å². The van der Waals surface area contributed by atoms with Gasteiger partial charge in [0.2, 0.25) is 0 Å². The maximum absolute atomic E-state index is 10.5. The van der Waals surface area contributed by atoms with Crippen LogP contribution in [0.2, 0.25) is 0 Å². The van der Waals surface area contributed by atoms with Crippen molar-refractivity contribution in [2.45, 2.75) is 44.8 Å². The van der Waals surface area contributed by atoms with Gasteiger partial charge in [-0.2, -0.15) is 0 Å². The Bertz CT molecular complexity index is 336. The van der Waals surface area contributed by atoms with Gasteiger partial charge in [-0.25, -0.2) is 0 Å². The van der Waals surface area contributed by atoms with Crippen LogP contribution in [0.1, 0.15) is 37.3 Å². The predicted octanol–water partition coefficient (Wildman–Crippen LogP) is 2.34. The Labute approximate surface area is 97.7 Å². The van der Waals surface area contributed by atoms with Gasteiger partial charge in [0.25, 0.3) is 0 Å². The second kappa shape index (κ2) is 4.56. The number of aryl methyl sites for hydroxylation is 1. The zero-order chi connectivity index (χ0) is 11.6. The molecule has 1 heterocycles. The van der Waals surface area contributed by atoms with E-state index in [9.17, 15) is 5.11 Å². The zero-order valence-corrected chi connectivity index (χ0v) is 10.2. The van der Waals surface area contributed by atoms with E-state index in [0.717, 1.165) is 18.5 Å². The van der Waals surface area contributed by atoms with Crippen molar-refractivity contribution in [1.82, 2.24) is 5.32 Å². The smallest absolute Gasteiger partial charge is 0.0883 e. The summed E-state index contributed by atoms with van der Waals surface area (Å²) in [6.45, 7) is 5.07. The Kier molecular flexibility index (Phi) is 3.31. The minimum absolute atomic E-state index is 0.469. The third-order valence-corrected chi connectivity index (χ3v) is 3.48. The molecule has 2 nitrogen and oxygen atoms in total. The van der Waals surface area contributed by atoms with Gasteiger partial charge in [-0.3, -0.25) is 0 Å². The van der Waals surface area contributed by atoms with E-state index >= 15 is 0 Å². The van der Waals surface area contributed by atoms with Gasteiger partial charge in [0, 0.05) is 6.04 Å². The molecular weight excluding hydrogens is 198 g/mol. The molecule has 0 saturated carbocycles. The fourth-order valence-electron chi connectivity index (χ4n) is 2.44. The molecule has 0 spiro atoms. The second-order valence-electron chi connectivity index (χ2n) is 5.14. The number of nitrogens with one attached hydrogen (secondary N) is 1. The van der Waals surface area contributed by atoms with Crippen LogP contribution in [0.5, 0.6) is 0 Å². The van der Waals surface area contributed by atoms with E-state index in [1.165, 1.54) is 18.4 Å². The van der Waals surface area contributed by atoms with E-state index in [0.29, 0.717) is 6.04 Å². The van der Waals surface area contributed by atoms with E-state index in [1.807, 2.05) is 19.1 Å². The summed E-state index contributed by atoms with van der Waals surface area (Å²) in [7, 11) is 0. The number of aliphatic hydroxyl groups is 1. The average molecular weight is 219 g/mol. The molecular formula is C14H21NO. The summed E-state index contributed by atoms with van der Waals surface area (Å²) < 4.78 is 0. The zero-order valence-electron chi connectivity index (χ0n) is 10.2. The first kappa shape index (κ1) is 11.6. The van der Waals surface area contributed by atoms with Crippen molar-refractivity contribution in [1.29, 1.82) is 0 Å². The second-order valence-corrected chi connectivity index (χ2v) is 5.14. The van der Waals surface area contributed by atoms with Crippen LogP contribution in [-0.2, 0) is 5.60 Å². The van der Waals surface area contributed by atoms with Crippen LogP contribution in [0.4, 0.5) is 0 Å². The molecule has 1 aromatic carbocycles. The van der Waals surface area contributed by atoms with Gasteiger partial charge < -0.3 is 10.4 Å². The third-order valence-electron chi connectivity index (χ3n) is 3.48. The highest BCUT2D eigenvalue weighted by atomic mass is 16.3. The summed E-state index contributed by atoms with van der Waals surface area (Å²) in [5.41, 5.74) is 1.54. The van der Waals surface area contributed by atoms with Crippen molar-refractivity contribution in [3.05, 3.63) is 35.4 Å². The van der Waals surface area contributed by atoms with Gasteiger partial charge in [-0.1, -0.05) is 29.8 Å². The van der Waals surface area contributed by atoms with Crippen molar-refractivity contribution < 1.29 is 5.11 Å². The molecule has 16 heavy (non-hydrogen) atoms. The van der Waals surface area contributed by atoms with Crippen molar-refractivity contribution in [3.63, 3.8) is 0 Å². The summed E-state index contributed by atoms with van der Waals surface area (Å²) in [4.78, 5) is 0. The molecule has 2 heteroatoms. The minimum Gasteiger partial charge on any atom is -0.385 e. The van der Waals surface area contributed by atoms with Crippen molar-refractivity contribution in [2.24, 2.45) is 0 Å². The van der Waals surface area contributed by atoms with E-state index in [4.69, 9.17) is 0 Å². The van der Waals surface area contributed by atoms with Gasteiger partial charge in [-0.05, 0) is 45.2 Å². The summed E-state index contributed by atoms with van der Waals surface area (Å²) in [5, 5.41) is 13.9. The van der Waals surface area contributed by atoms with Crippen molar-refractivity contribution >= 4 is 0 Å². The molecule has 1 aromatic rings. The average Bonchev–Trinajstić information content (AvgIpc) is 2.70. The Balaban J connectivity index is 2.07. The molecule has 2 unspecified atom stereocenters. The van der Waals surface area contributed by atoms with E-state index in [1.54, 1.807) is 0 Å². The van der Waals surface area contributed by atoms with E-state index < -0.39 is 5.60 Å². The maximum Gasteiger partial charge on any atom is 0.0883 e. The van der Waals surface area contributed by atoms with Crippen LogP contribution in [0.3, 0.4) is 0 Å². The van der Waals surface area contributed by atoms with Crippen LogP contribution in [-0.4, -0.2) is 17.7 Å². The molecule has 88 valence electrons. The molecule has 0 amide bonds. The normalized spacial score (nSPS) is 24.3. The topological polar surface area (TPSA) is 32.3 Å². The molecule has 2 rings (SSSR count). The Morgan fingerprint density at radius 3 is 2.62 bits per heavy atom. The highest BCUT2D eigenvalue weighted by Gasteiger charge is 2.28. The lowest BCUT2D eigenvalue weighted by Gasteiger charge is -2.27. The quantitative estimate of drug-likeness (QED) is 0.818. The number of benzene rings is 1. The van der Waals surface area contributed by atoms with Crippen molar-refractivity contribution in [3.8, 4) is 0 Å². The summed E-state index contributed by atoms with van der Waals surface area (Å²) >= 11 is 0. The standard InChI is InChI=1S/C14H21NO/c1-11-5-7-12(8-6-11)14(2,16)10-13-4-3-9-15-13/h5-8,13,15-16H,3-4,9-10H2,1-2H3. The fraction of sp³-hybridized carbons (Fsp3) is 0.571. The SMILES string of the molecule is Cc1ccc(C(C)(O)CC2CCCN2)cc1. The molecule has 0 radical (unpaired) electrons. The molecule has 2 N–H and O–H groups in total. The molecule has 0 aliphatic carbocycles. The Hall–Kier alpha value is -0.860. The monoisotopic (exact) mass is 219 g/mol. The molecule has 1 saturated heterocycles. The van der Waals surface area contributed by atoms with Crippen LogP contribution < -0.4 is 5.32 Å². The lowest BCUT2D eigenvalue weighted by molar-refractivity contribution is 0.0385. The number of hydrogen-bond acceptors (Lipinski definition) is 2. The first-order valence-electron chi connectivity index (χ1n) is 6.11. The first-order chi connectivity index (χ1) is 7.58. The molecule has 2 atom stereocenters. The van der Waals surface area contributed by atoms with Crippen LogP contribution in [0.15, 0.2) is 24.3 Å². The lowest BCUT2D eigenvalue weighted by atomic mass is 9.88. The van der Waals surface area contributed by atoms with Gasteiger partial charge in [0.05, 0.1) is 5.60 Å². The molecule has 1 aliphatic heterocycles. The number of hydrogen-bond donors (Lipinski definition) is 2. The van der Waals surface area contributed by atoms with E-state index in [2.05, 4.69) is 24.4 Å². The maximum atomic E-state index is 10.5. The summed E-state index contributed by atoms with van der Waals surface area (Å²) in [5.74, 6) is 0. The molecule has 1 aliphatic rings. The van der Waals surface area contributed by atoms with Gasteiger partial charge in [-0.15, -0.1) is 0 Å². The van der Waals surface area contributed by atoms with Crippen LogP contribution in [0, 0.1) is 6.92 Å². The fourth-order valence-corrected chi connectivity index (χ4v) is 2.44. The largest absolute Gasteiger partial charge is 0.385 e. The van der Waals surface area contributed by atoms with Crippen molar-refractivity contribution in [2.75, 3.05) is 6.54 Å². The van der Waals surface area contributed by atoms with E-state index in [-0.39, 0.29) is 0 Å². The number of rotatable bonds is 3. The van der Waals surface area contributed by atoms with Gasteiger partial charge in [0.1, 0.15) is 0 Å². The minimum atomic E-state index is -0.713. The first-order valence-corrected chi connectivity index (χ1v) is 6.11. The van der Waals surface area contributed by atoms with Gasteiger partial charge in [0.15, 0.2) is 0 Å². The third kappa shape index (κ3) is 2.63. The Morgan fingerprint density at radius 2 is 2.06 bits per heavy atom. The Morgan fingerprint density at radius 1 is 1.38 bits per heavy atom. The molecule has 0 bridgehead atoms. The highest BCUT2D eigenvalue weighted by Crippen LogP contribution is 2.28. The summed E-state index contributed by atoms with van der Waals surface area (Å²) in [6, 6.07) is 8.66. The molecule has 0 aromatic heterocycles. The molecule has 1 fully saturated rings. The lowest BCUT2D eigenvalue weighted by Crippen LogP contribution is -2.32. The van der Waals surface area contributed by atoms with Crippen LogP contribution in [0.25, 0.3) is 0 Å². The van der Waals surface area contributed by atoms with Gasteiger partial charge >= 0.3 is 0 Å². The highest BCUT2D eigenvalue weighted by molar-refractivity contribution is 5.26. The summed E-state index contributed by atoms with van der Waals surface area (Å²) in [6.07, 6.45) is 3.21. The predicted molar refractivity (Wildman–Crippen MR) is 66.4 cm³/mol.